The van der Waals surface area contributed by atoms with Gasteiger partial charge < -0.3 is 19.0 Å². The highest BCUT2D eigenvalue weighted by Gasteiger charge is 2.36. The number of nitrogens with one attached hydrogen (secondary N) is 1. The van der Waals surface area contributed by atoms with Crippen LogP contribution in [0.15, 0.2) is 56.5 Å². The zero-order chi connectivity index (χ0) is 25.7. The number of carbonyl (C=O) groups is 2. The van der Waals surface area contributed by atoms with Crippen LogP contribution in [-0.2, 0) is 19.6 Å². The molecule has 4 rings (SSSR count). The maximum atomic E-state index is 13.4. The summed E-state index contributed by atoms with van der Waals surface area (Å²) in [5.74, 6) is -0.396. The number of nitrogens with zero attached hydrogens (tertiary/aromatic N) is 2. The van der Waals surface area contributed by atoms with Crippen LogP contribution >= 0.6 is 0 Å². The van der Waals surface area contributed by atoms with E-state index in [0.29, 0.717) is 29.9 Å². The number of amides is 1. The van der Waals surface area contributed by atoms with Gasteiger partial charge in [-0.05, 0) is 69.2 Å². The van der Waals surface area contributed by atoms with Gasteiger partial charge in [0.05, 0.1) is 18.4 Å². The lowest BCUT2D eigenvalue weighted by Crippen LogP contribution is -2.41. The van der Waals surface area contributed by atoms with E-state index < -0.39 is 16.0 Å². The highest BCUT2D eigenvalue weighted by Crippen LogP contribution is 2.29. The summed E-state index contributed by atoms with van der Waals surface area (Å²) in [5, 5.41) is 6.66. The van der Waals surface area contributed by atoms with E-state index in [1.165, 1.54) is 16.6 Å². The van der Waals surface area contributed by atoms with Crippen molar-refractivity contribution in [1.29, 1.82) is 0 Å². The molecule has 1 fully saturated rings. The number of rotatable bonds is 8. The average Bonchev–Trinajstić information content (AvgIpc) is 3.53. The molecule has 1 amide bonds. The van der Waals surface area contributed by atoms with Gasteiger partial charge >= 0.3 is 5.97 Å². The summed E-state index contributed by atoms with van der Waals surface area (Å²) >= 11 is 0. The Morgan fingerprint density at radius 1 is 1.19 bits per heavy atom. The Bertz CT molecular complexity index is 1350. The van der Waals surface area contributed by atoms with Crippen LogP contribution in [0.4, 0.5) is 5.69 Å². The Hall–Kier alpha value is -3.70. The SMILES string of the molecule is CCOC(=O)c1cccc(NC(=O)C2CCN(S(=O)(=O)c3c(C)noc3C=Cc3ccco3)CC2)c1. The van der Waals surface area contributed by atoms with Crippen LogP contribution in [0.2, 0.25) is 0 Å². The topological polar surface area (TPSA) is 132 Å². The number of hydrogen-bond acceptors (Lipinski definition) is 8. The van der Waals surface area contributed by atoms with Crippen molar-refractivity contribution in [1.82, 2.24) is 9.46 Å². The number of esters is 1. The largest absolute Gasteiger partial charge is 0.465 e. The highest BCUT2D eigenvalue weighted by molar-refractivity contribution is 7.89. The molecule has 0 radical (unpaired) electrons. The standard InChI is InChI=1S/C25H27N3O7S/c1-3-33-25(30)19-6-4-7-20(16-19)26-24(29)18-11-13-28(14-12-18)36(31,32)23-17(2)27-35-22(23)10-9-21-8-5-15-34-21/h4-10,15-16,18H,3,11-14H2,1-2H3,(H,26,29). The third-order valence-electron chi connectivity index (χ3n) is 5.84. The second-order valence-corrected chi connectivity index (χ2v) is 10.2. The number of carbonyl (C=O) groups excluding carboxylic acids is 2. The molecule has 11 heteroatoms. The second-order valence-electron chi connectivity index (χ2n) is 8.28. The maximum Gasteiger partial charge on any atom is 0.338 e. The molecule has 1 aromatic carbocycles. The van der Waals surface area contributed by atoms with Gasteiger partial charge in [-0.25, -0.2) is 13.2 Å². The van der Waals surface area contributed by atoms with Crippen molar-refractivity contribution in [2.24, 2.45) is 5.92 Å². The van der Waals surface area contributed by atoms with Gasteiger partial charge in [0.2, 0.25) is 15.9 Å². The number of furan rings is 1. The first kappa shape index (κ1) is 25.4. The summed E-state index contributed by atoms with van der Waals surface area (Å²) in [6, 6.07) is 9.98. The molecule has 0 bridgehead atoms. The van der Waals surface area contributed by atoms with Gasteiger partial charge in [-0.2, -0.15) is 4.31 Å². The molecule has 0 aliphatic carbocycles. The van der Waals surface area contributed by atoms with Gasteiger partial charge in [-0.3, -0.25) is 4.79 Å². The summed E-state index contributed by atoms with van der Waals surface area (Å²) in [6.07, 6.45) is 5.33. The zero-order valence-electron chi connectivity index (χ0n) is 20.0. The van der Waals surface area contributed by atoms with E-state index in [4.69, 9.17) is 13.7 Å². The number of benzene rings is 1. The first-order valence-electron chi connectivity index (χ1n) is 11.6. The molecule has 36 heavy (non-hydrogen) atoms. The van der Waals surface area contributed by atoms with Crippen LogP contribution in [0, 0.1) is 12.8 Å². The molecule has 3 aromatic rings. The normalized spacial score (nSPS) is 15.3. The van der Waals surface area contributed by atoms with E-state index in [9.17, 15) is 18.0 Å². The summed E-state index contributed by atoms with van der Waals surface area (Å²) in [6.45, 7) is 3.90. The minimum Gasteiger partial charge on any atom is -0.465 e. The third kappa shape index (κ3) is 5.58. The lowest BCUT2D eigenvalue weighted by Gasteiger charge is -2.30. The molecule has 190 valence electrons. The van der Waals surface area contributed by atoms with Crippen LogP contribution in [-0.4, -0.2) is 49.5 Å². The van der Waals surface area contributed by atoms with Crippen LogP contribution < -0.4 is 5.32 Å². The van der Waals surface area contributed by atoms with Gasteiger partial charge in [-0.15, -0.1) is 0 Å². The zero-order valence-corrected chi connectivity index (χ0v) is 20.8. The maximum absolute atomic E-state index is 13.4. The quantitative estimate of drug-likeness (QED) is 0.448. The van der Waals surface area contributed by atoms with E-state index in [0.717, 1.165) is 0 Å². The number of anilines is 1. The lowest BCUT2D eigenvalue weighted by atomic mass is 9.97. The van der Waals surface area contributed by atoms with E-state index in [2.05, 4.69) is 10.5 Å². The van der Waals surface area contributed by atoms with Crippen molar-refractivity contribution >= 4 is 39.7 Å². The van der Waals surface area contributed by atoms with Gasteiger partial charge in [0, 0.05) is 24.7 Å². The van der Waals surface area contributed by atoms with Gasteiger partial charge in [0.15, 0.2) is 10.7 Å². The van der Waals surface area contributed by atoms with E-state index in [1.54, 1.807) is 56.3 Å². The predicted molar refractivity (Wildman–Crippen MR) is 131 cm³/mol. The molecular formula is C25H27N3O7S. The van der Waals surface area contributed by atoms with Crippen LogP contribution in [0.5, 0.6) is 0 Å². The second kappa shape index (κ2) is 10.9. The average molecular weight is 514 g/mol. The molecule has 0 spiro atoms. The smallest absolute Gasteiger partial charge is 0.338 e. The van der Waals surface area contributed by atoms with Gasteiger partial charge in [-0.1, -0.05) is 11.2 Å². The van der Waals surface area contributed by atoms with Crippen LogP contribution in [0.1, 0.15) is 47.3 Å². The summed E-state index contributed by atoms with van der Waals surface area (Å²) in [5.41, 5.74) is 1.08. The first-order valence-corrected chi connectivity index (χ1v) is 13.0. The summed E-state index contributed by atoms with van der Waals surface area (Å²) in [4.78, 5) is 24.8. The number of aromatic nitrogens is 1. The lowest BCUT2D eigenvalue weighted by molar-refractivity contribution is -0.120. The monoisotopic (exact) mass is 513 g/mol. The molecule has 10 nitrogen and oxygen atoms in total. The Morgan fingerprint density at radius 3 is 2.67 bits per heavy atom. The van der Waals surface area contributed by atoms with Crippen LogP contribution in [0.25, 0.3) is 12.2 Å². The fourth-order valence-corrected chi connectivity index (χ4v) is 5.73. The van der Waals surface area contributed by atoms with Crippen LogP contribution in [0.3, 0.4) is 0 Å². The fourth-order valence-electron chi connectivity index (χ4n) is 4.01. The molecule has 1 N–H and O–H groups in total. The molecule has 1 aliphatic rings. The molecular weight excluding hydrogens is 486 g/mol. The fraction of sp³-hybridized carbons (Fsp3) is 0.320. The van der Waals surface area contributed by atoms with E-state index in [-0.39, 0.29) is 47.9 Å². The molecule has 1 aliphatic heterocycles. The van der Waals surface area contributed by atoms with Crippen molar-refractivity contribution in [2.45, 2.75) is 31.6 Å². The van der Waals surface area contributed by atoms with E-state index >= 15 is 0 Å². The minimum atomic E-state index is -3.89. The van der Waals surface area contributed by atoms with Crippen molar-refractivity contribution in [2.75, 3.05) is 25.0 Å². The Kier molecular flexibility index (Phi) is 7.70. The molecule has 0 saturated carbocycles. The molecule has 0 unspecified atom stereocenters. The number of sulfonamides is 1. The first-order chi connectivity index (χ1) is 17.3. The number of ether oxygens (including phenoxy) is 1. The van der Waals surface area contributed by atoms with Crippen molar-refractivity contribution in [3.8, 4) is 0 Å². The van der Waals surface area contributed by atoms with Crippen molar-refractivity contribution < 1.29 is 31.7 Å². The van der Waals surface area contributed by atoms with Crippen molar-refractivity contribution in [3.05, 3.63) is 65.4 Å². The number of hydrogen-bond donors (Lipinski definition) is 1. The Labute approximate surface area is 208 Å². The Balaban J connectivity index is 1.41. The molecule has 0 atom stereocenters. The molecule has 3 heterocycles. The predicted octanol–water partition coefficient (Wildman–Crippen LogP) is 3.96. The van der Waals surface area contributed by atoms with Gasteiger partial charge in [0.1, 0.15) is 11.5 Å². The minimum absolute atomic E-state index is 0.00369. The Morgan fingerprint density at radius 2 is 1.97 bits per heavy atom. The number of aryl methyl sites for hydroxylation is 1. The van der Waals surface area contributed by atoms with Crippen molar-refractivity contribution in [3.63, 3.8) is 0 Å². The van der Waals surface area contributed by atoms with Gasteiger partial charge in [0.25, 0.3) is 0 Å². The highest BCUT2D eigenvalue weighted by atomic mass is 32.2. The summed E-state index contributed by atoms with van der Waals surface area (Å²) in [7, 11) is -3.89. The molecule has 2 aromatic heterocycles. The number of piperidine rings is 1. The van der Waals surface area contributed by atoms with E-state index in [1.807, 2.05) is 0 Å². The summed E-state index contributed by atoms with van der Waals surface area (Å²) < 4.78 is 43.6. The molecule has 1 saturated heterocycles. The third-order valence-corrected chi connectivity index (χ3v) is 7.90.